The molecule has 27 heavy (non-hydrogen) atoms. The molecular weight excluding hydrogens is 359 g/mol. The first kappa shape index (κ1) is 17.6. The minimum atomic E-state index is -1.31. The molecule has 0 unspecified atom stereocenters. The molecule has 0 atom stereocenters. The lowest BCUT2D eigenvalue weighted by atomic mass is 10.1. The maximum Gasteiger partial charge on any atom is 0.252 e. The van der Waals surface area contributed by atoms with Gasteiger partial charge >= 0.3 is 0 Å². The molecule has 0 aliphatic heterocycles. The third-order valence-corrected chi connectivity index (χ3v) is 5.99. The molecule has 4 aromatic rings. The maximum atomic E-state index is 6.43. The van der Waals surface area contributed by atoms with Gasteiger partial charge in [0, 0.05) is 10.8 Å². The zero-order valence-electron chi connectivity index (χ0n) is 15.8. The maximum absolute atomic E-state index is 6.43. The summed E-state index contributed by atoms with van der Waals surface area (Å²) < 4.78 is 23.8. The van der Waals surface area contributed by atoms with Gasteiger partial charge in [0.25, 0.3) is 8.01 Å². The quantitative estimate of drug-likeness (QED) is 0.387. The summed E-state index contributed by atoms with van der Waals surface area (Å²) in [6, 6.07) is 18.0. The van der Waals surface area contributed by atoms with Crippen molar-refractivity contribution < 1.29 is 17.9 Å². The van der Waals surface area contributed by atoms with Gasteiger partial charge in [-0.1, -0.05) is 18.2 Å². The van der Waals surface area contributed by atoms with E-state index in [-0.39, 0.29) is 0 Å². The Hall–Kier alpha value is -2.84. The number of methoxy groups -OCH3 is 2. The van der Waals surface area contributed by atoms with Crippen LogP contribution in [-0.4, -0.2) is 14.2 Å². The van der Waals surface area contributed by atoms with Gasteiger partial charge in [-0.3, -0.25) is 0 Å². The van der Waals surface area contributed by atoms with Crippen molar-refractivity contribution in [2.75, 3.05) is 14.2 Å². The van der Waals surface area contributed by atoms with Gasteiger partial charge in [-0.15, -0.1) is 0 Å². The van der Waals surface area contributed by atoms with Crippen molar-refractivity contribution >= 4 is 30.0 Å². The van der Waals surface area contributed by atoms with Crippen molar-refractivity contribution in [3.05, 3.63) is 65.7 Å². The number of ether oxygens (including phenoxy) is 2. The van der Waals surface area contributed by atoms with Gasteiger partial charge in [0.05, 0.1) is 19.5 Å². The van der Waals surface area contributed by atoms with Crippen LogP contribution in [0.4, 0.5) is 0 Å². The van der Waals surface area contributed by atoms with Crippen molar-refractivity contribution in [2.24, 2.45) is 0 Å². The first-order valence-electron chi connectivity index (χ1n) is 8.69. The predicted octanol–water partition coefficient (Wildman–Crippen LogP) is 6.91. The predicted molar refractivity (Wildman–Crippen MR) is 110 cm³/mol. The van der Waals surface area contributed by atoms with Crippen LogP contribution in [-0.2, 0) is 0 Å². The number of aryl methyl sites for hydroxylation is 2. The molecule has 5 heteroatoms. The molecule has 0 amide bonds. The standard InChI is InChI=1S/C22H21O4P/c1-14-10-16(23-3)12-19-20-13-17(24-4)11-15(2)22(20)26-27(25-21(14)19)18-8-6-5-7-9-18/h5-13H,1-4H3. The van der Waals surface area contributed by atoms with E-state index in [9.17, 15) is 0 Å². The number of hydrogen-bond donors (Lipinski definition) is 0. The van der Waals surface area contributed by atoms with Crippen LogP contribution in [0.15, 0.2) is 63.0 Å². The first-order valence-corrected chi connectivity index (χ1v) is 9.87. The number of benzene rings is 3. The zero-order chi connectivity index (χ0) is 19.0. The molecule has 138 valence electrons. The average Bonchev–Trinajstić information content (AvgIpc) is 2.86. The lowest BCUT2D eigenvalue weighted by molar-refractivity contribution is 0.414. The Bertz CT molecular complexity index is 1090. The van der Waals surface area contributed by atoms with Gasteiger partial charge in [-0.05, 0) is 61.4 Å². The highest BCUT2D eigenvalue weighted by atomic mass is 31.1. The Kier molecular flexibility index (Phi) is 4.59. The van der Waals surface area contributed by atoms with E-state index in [4.69, 9.17) is 17.9 Å². The van der Waals surface area contributed by atoms with Gasteiger partial charge in [0.2, 0.25) is 0 Å². The average molecular weight is 380 g/mol. The minimum absolute atomic E-state index is 0.784. The first-order chi connectivity index (χ1) is 13.1. The molecule has 1 heterocycles. The Morgan fingerprint density at radius 2 is 1.19 bits per heavy atom. The molecule has 0 spiro atoms. The number of rotatable bonds is 3. The molecule has 0 radical (unpaired) electrons. The van der Waals surface area contributed by atoms with Crippen molar-refractivity contribution in [3.63, 3.8) is 0 Å². The normalized spacial score (nSPS) is 11.0. The third-order valence-electron chi connectivity index (χ3n) is 4.57. The lowest BCUT2D eigenvalue weighted by Crippen LogP contribution is -1.87. The van der Waals surface area contributed by atoms with Gasteiger partial charge in [-0.2, -0.15) is 0 Å². The van der Waals surface area contributed by atoms with Crippen molar-refractivity contribution in [3.8, 4) is 16.8 Å². The number of hydrogen-bond acceptors (Lipinski definition) is 4. The molecular formula is C22H21O4P. The Morgan fingerprint density at radius 1 is 0.704 bits per heavy atom. The Balaban J connectivity index is 2.23. The van der Waals surface area contributed by atoms with E-state index < -0.39 is 8.01 Å². The summed E-state index contributed by atoms with van der Waals surface area (Å²) >= 11 is 0. The molecule has 0 bridgehead atoms. The highest BCUT2D eigenvalue weighted by Gasteiger charge is 2.14. The Morgan fingerprint density at radius 3 is 1.63 bits per heavy atom. The van der Waals surface area contributed by atoms with Gasteiger partial charge < -0.3 is 17.9 Å². The lowest BCUT2D eigenvalue weighted by Gasteiger charge is -2.06. The zero-order valence-corrected chi connectivity index (χ0v) is 16.7. The molecule has 0 saturated heterocycles. The van der Waals surface area contributed by atoms with Crippen LogP contribution in [0.3, 0.4) is 0 Å². The van der Waals surface area contributed by atoms with Crippen LogP contribution in [0, 0.1) is 13.8 Å². The third kappa shape index (κ3) is 3.17. The van der Waals surface area contributed by atoms with Crippen LogP contribution in [0.2, 0.25) is 0 Å². The van der Waals surface area contributed by atoms with Crippen LogP contribution in [0.5, 0.6) is 11.5 Å². The van der Waals surface area contributed by atoms with E-state index in [1.165, 1.54) is 0 Å². The highest BCUT2D eigenvalue weighted by molar-refractivity contribution is 7.45. The minimum Gasteiger partial charge on any atom is -0.497 e. The molecule has 0 aliphatic rings. The Labute approximate surface area is 158 Å². The van der Waals surface area contributed by atoms with E-state index in [1.54, 1.807) is 14.2 Å². The van der Waals surface area contributed by atoms with Gasteiger partial charge in [-0.25, -0.2) is 0 Å². The fraction of sp³-hybridized carbons (Fsp3) is 0.182. The van der Waals surface area contributed by atoms with Gasteiger partial charge in [0.1, 0.15) is 22.7 Å². The molecule has 0 N–H and O–H groups in total. The smallest absolute Gasteiger partial charge is 0.252 e. The summed E-state index contributed by atoms with van der Waals surface area (Å²) in [5.74, 6) is 1.57. The highest BCUT2D eigenvalue weighted by Crippen LogP contribution is 2.45. The summed E-state index contributed by atoms with van der Waals surface area (Å²) in [6.45, 7) is 4.05. The number of fused-ring (bicyclic) bond motifs is 3. The van der Waals surface area contributed by atoms with E-state index in [0.717, 1.165) is 49.9 Å². The summed E-state index contributed by atoms with van der Waals surface area (Å²) in [7, 11) is 2.03. The largest absolute Gasteiger partial charge is 0.497 e. The van der Waals surface area contributed by atoms with Crippen LogP contribution < -0.4 is 9.47 Å². The fourth-order valence-corrected chi connectivity index (χ4v) is 4.68. The van der Waals surface area contributed by atoms with E-state index in [1.807, 2.05) is 68.4 Å². The van der Waals surface area contributed by atoms with Crippen LogP contribution in [0.25, 0.3) is 27.2 Å². The molecule has 3 aromatic carbocycles. The summed E-state index contributed by atoms with van der Waals surface area (Å²) in [5, 5.41) is 2.92. The second-order valence-electron chi connectivity index (χ2n) is 6.42. The fourth-order valence-electron chi connectivity index (χ4n) is 3.20. The topological polar surface area (TPSA) is 44.7 Å². The van der Waals surface area contributed by atoms with Crippen molar-refractivity contribution in [1.29, 1.82) is 0 Å². The molecule has 0 aliphatic carbocycles. The van der Waals surface area contributed by atoms with E-state index >= 15 is 0 Å². The second-order valence-corrected chi connectivity index (χ2v) is 7.81. The monoisotopic (exact) mass is 380 g/mol. The summed E-state index contributed by atoms with van der Waals surface area (Å²) in [4.78, 5) is 0. The van der Waals surface area contributed by atoms with E-state index in [0.29, 0.717) is 0 Å². The summed E-state index contributed by atoms with van der Waals surface area (Å²) in [6.07, 6.45) is 0. The molecule has 0 fully saturated rings. The molecule has 4 rings (SSSR count). The van der Waals surface area contributed by atoms with E-state index in [2.05, 4.69) is 0 Å². The summed E-state index contributed by atoms with van der Waals surface area (Å²) in [5.41, 5.74) is 3.64. The molecule has 0 saturated carbocycles. The second kappa shape index (κ2) is 7.05. The van der Waals surface area contributed by atoms with Crippen LogP contribution >= 0.6 is 8.01 Å². The molecule has 1 aromatic heterocycles. The SMILES string of the molecule is COc1cc(C)c2op(-c3ccccc3)oc3c(C)cc(OC)cc3c2c1. The van der Waals surface area contributed by atoms with Crippen LogP contribution in [0.1, 0.15) is 11.1 Å². The van der Waals surface area contributed by atoms with Crippen molar-refractivity contribution in [1.82, 2.24) is 0 Å². The van der Waals surface area contributed by atoms with Crippen molar-refractivity contribution in [2.45, 2.75) is 13.8 Å². The molecule has 4 nitrogen and oxygen atoms in total. The van der Waals surface area contributed by atoms with Gasteiger partial charge in [0.15, 0.2) is 0 Å².